The zero-order valence-electron chi connectivity index (χ0n) is 8.93. The molecule has 1 aliphatic heterocycles. The summed E-state index contributed by atoms with van der Waals surface area (Å²) in [5, 5.41) is 7.59. The van der Waals surface area contributed by atoms with E-state index >= 15 is 0 Å². The van der Waals surface area contributed by atoms with Crippen LogP contribution in [0.4, 0.5) is 0 Å². The highest BCUT2D eigenvalue weighted by atomic mass is 35.5. The van der Waals surface area contributed by atoms with Crippen molar-refractivity contribution in [1.29, 1.82) is 0 Å². The van der Waals surface area contributed by atoms with Crippen LogP contribution in [0.2, 0.25) is 0 Å². The van der Waals surface area contributed by atoms with Crippen molar-refractivity contribution in [2.24, 2.45) is 0 Å². The molecule has 0 fully saturated rings. The third-order valence-corrected chi connectivity index (χ3v) is 4.84. The first-order valence-electron chi connectivity index (χ1n) is 4.95. The molecule has 1 aromatic heterocycles. The smallest absolute Gasteiger partial charge is 0.228 e. The maximum atomic E-state index is 11.5. The molecular weight excluding hydrogens is 252 g/mol. The summed E-state index contributed by atoms with van der Waals surface area (Å²) in [5.41, 5.74) is 0. The van der Waals surface area contributed by atoms with E-state index in [4.69, 9.17) is 11.6 Å². The molecule has 0 bridgehead atoms. The van der Waals surface area contributed by atoms with E-state index in [1.54, 1.807) is 0 Å². The second-order valence-electron chi connectivity index (χ2n) is 3.76. The molecule has 1 aromatic rings. The fourth-order valence-electron chi connectivity index (χ4n) is 1.71. The molecule has 0 spiro atoms. The number of fused-ring (bicyclic) bond motifs is 1. The Labute approximate surface area is 99.3 Å². The molecule has 0 amide bonds. The Bertz CT molecular complexity index is 484. The number of aromatic nitrogens is 3. The maximum absolute atomic E-state index is 11.5. The van der Waals surface area contributed by atoms with Crippen LogP contribution in [-0.2, 0) is 29.5 Å². The summed E-state index contributed by atoms with van der Waals surface area (Å²) >= 11 is 5.37. The molecule has 0 saturated carbocycles. The van der Waals surface area contributed by atoms with Crippen molar-refractivity contribution in [2.45, 2.75) is 25.9 Å². The number of nitrogens with zero attached hydrogens (tertiary/aromatic N) is 4. The van der Waals surface area contributed by atoms with E-state index in [2.05, 4.69) is 10.2 Å². The van der Waals surface area contributed by atoms with Crippen molar-refractivity contribution < 1.29 is 8.42 Å². The number of rotatable bonds is 4. The Morgan fingerprint density at radius 2 is 2.25 bits per heavy atom. The normalized spacial score (nSPS) is 15.7. The van der Waals surface area contributed by atoms with Crippen LogP contribution in [-0.4, -0.2) is 39.7 Å². The molecule has 0 unspecified atom stereocenters. The van der Waals surface area contributed by atoms with E-state index in [-0.39, 0.29) is 6.54 Å². The van der Waals surface area contributed by atoms with Crippen LogP contribution in [0.15, 0.2) is 0 Å². The van der Waals surface area contributed by atoms with Crippen LogP contribution >= 0.6 is 11.6 Å². The molecule has 0 atom stereocenters. The summed E-state index contributed by atoms with van der Waals surface area (Å²) in [6.45, 7) is 1.09. The molecule has 6 nitrogen and oxygen atoms in total. The lowest BCUT2D eigenvalue weighted by Crippen LogP contribution is -2.28. The topological polar surface area (TPSA) is 68.1 Å². The largest absolute Gasteiger partial charge is 0.314 e. The Morgan fingerprint density at radius 1 is 1.50 bits per heavy atom. The summed E-state index contributed by atoms with van der Waals surface area (Å²) in [7, 11) is -1.88. The van der Waals surface area contributed by atoms with Crippen LogP contribution < -0.4 is 0 Å². The Morgan fingerprint density at radius 3 is 2.94 bits per heavy atom. The van der Waals surface area contributed by atoms with Gasteiger partial charge in [-0.25, -0.2) is 8.42 Å². The van der Waals surface area contributed by atoms with Crippen LogP contribution in [0.5, 0.6) is 0 Å². The van der Waals surface area contributed by atoms with Crippen molar-refractivity contribution in [3.05, 3.63) is 11.6 Å². The number of halogens is 1. The molecule has 0 radical (unpaired) electrons. The summed E-state index contributed by atoms with van der Waals surface area (Å²) < 4.78 is 26.1. The zero-order chi connectivity index (χ0) is 11.8. The highest BCUT2D eigenvalue weighted by Crippen LogP contribution is 2.16. The van der Waals surface area contributed by atoms with Crippen LogP contribution in [0.25, 0.3) is 0 Å². The van der Waals surface area contributed by atoms with E-state index in [1.807, 2.05) is 4.57 Å². The van der Waals surface area contributed by atoms with Gasteiger partial charge in [-0.15, -0.1) is 21.8 Å². The number of alkyl halides is 1. The van der Waals surface area contributed by atoms with E-state index in [0.717, 1.165) is 25.2 Å². The summed E-state index contributed by atoms with van der Waals surface area (Å²) in [4.78, 5) is 0. The molecule has 16 heavy (non-hydrogen) atoms. The highest BCUT2D eigenvalue weighted by Gasteiger charge is 2.22. The van der Waals surface area contributed by atoms with Gasteiger partial charge in [-0.2, -0.15) is 4.31 Å². The van der Waals surface area contributed by atoms with Crippen molar-refractivity contribution >= 4 is 21.6 Å². The summed E-state index contributed by atoms with van der Waals surface area (Å²) in [6.07, 6.45) is 1.96. The van der Waals surface area contributed by atoms with Crippen LogP contribution in [0.3, 0.4) is 0 Å². The highest BCUT2D eigenvalue weighted by molar-refractivity contribution is 7.90. The number of aryl methyl sites for hydroxylation is 1. The second-order valence-corrected chi connectivity index (χ2v) is 6.42. The minimum atomic E-state index is -3.37. The van der Waals surface area contributed by atoms with Gasteiger partial charge in [0.15, 0.2) is 0 Å². The van der Waals surface area contributed by atoms with Gasteiger partial charge < -0.3 is 4.57 Å². The third-order valence-electron chi connectivity index (χ3n) is 2.66. The molecule has 0 aliphatic carbocycles. The molecule has 8 heteroatoms. The third kappa shape index (κ3) is 2.07. The quantitative estimate of drug-likeness (QED) is 0.728. The van der Waals surface area contributed by atoms with Gasteiger partial charge in [0.2, 0.25) is 10.0 Å². The lowest BCUT2D eigenvalue weighted by molar-refractivity contribution is 0.450. The fourth-order valence-corrected chi connectivity index (χ4v) is 2.69. The minimum Gasteiger partial charge on any atom is -0.314 e. The zero-order valence-corrected chi connectivity index (χ0v) is 10.5. The van der Waals surface area contributed by atoms with Gasteiger partial charge in [0.1, 0.15) is 16.9 Å². The molecule has 0 aromatic carbocycles. The Kier molecular flexibility index (Phi) is 3.18. The maximum Gasteiger partial charge on any atom is 0.228 e. The SMILES string of the molecule is CN(Cc1nnc2n1CCC2)S(=O)(=O)CCl. The monoisotopic (exact) mass is 264 g/mol. The average molecular weight is 265 g/mol. The van der Waals surface area contributed by atoms with E-state index < -0.39 is 15.2 Å². The van der Waals surface area contributed by atoms with Gasteiger partial charge in [0.05, 0.1) is 6.54 Å². The average Bonchev–Trinajstić information content (AvgIpc) is 2.82. The first-order chi connectivity index (χ1) is 7.54. The van der Waals surface area contributed by atoms with Crippen LogP contribution in [0.1, 0.15) is 18.1 Å². The molecule has 2 rings (SSSR count). The van der Waals surface area contributed by atoms with Gasteiger partial charge in [-0.05, 0) is 6.42 Å². The lowest BCUT2D eigenvalue weighted by Gasteiger charge is -2.14. The van der Waals surface area contributed by atoms with E-state index in [9.17, 15) is 8.42 Å². The second kappa shape index (κ2) is 4.31. The summed E-state index contributed by atoms with van der Waals surface area (Å²) in [6, 6.07) is 0. The standard InChI is InChI=1S/C8H13ClN4O2S/c1-12(16(14,15)6-9)5-8-11-10-7-3-2-4-13(7)8/h2-6H2,1H3. The van der Waals surface area contributed by atoms with Crippen molar-refractivity contribution in [3.63, 3.8) is 0 Å². The first-order valence-corrected chi connectivity index (χ1v) is 7.10. The van der Waals surface area contributed by atoms with Gasteiger partial charge in [0, 0.05) is 20.0 Å². The molecule has 0 N–H and O–H groups in total. The van der Waals surface area contributed by atoms with Crippen molar-refractivity contribution in [3.8, 4) is 0 Å². The molecule has 1 aliphatic rings. The van der Waals surface area contributed by atoms with Gasteiger partial charge in [0.25, 0.3) is 0 Å². The lowest BCUT2D eigenvalue weighted by atomic mass is 10.4. The minimum absolute atomic E-state index is 0.224. The van der Waals surface area contributed by atoms with E-state index in [0.29, 0.717) is 5.82 Å². The number of hydrogen-bond donors (Lipinski definition) is 0. The van der Waals surface area contributed by atoms with Gasteiger partial charge in [-0.1, -0.05) is 0 Å². The van der Waals surface area contributed by atoms with E-state index in [1.165, 1.54) is 11.4 Å². The van der Waals surface area contributed by atoms with Gasteiger partial charge in [-0.3, -0.25) is 0 Å². The Balaban J connectivity index is 2.16. The fraction of sp³-hybridized carbons (Fsp3) is 0.750. The van der Waals surface area contributed by atoms with Gasteiger partial charge >= 0.3 is 0 Å². The molecule has 0 saturated heterocycles. The Hall–Kier alpha value is -0.660. The number of sulfonamides is 1. The van der Waals surface area contributed by atoms with Crippen molar-refractivity contribution in [1.82, 2.24) is 19.1 Å². The van der Waals surface area contributed by atoms with Crippen molar-refractivity contribution in [2.75, 3.05) is 12.3 Å². The number of hydrogen-bond acceptors (Lipinski definition) is 4. The predicted octanol–water partition coefficient (Wildman–Crippen LogP) is 0.182. The predicted molar refractivity (Wildman–Crippen MR) is 59.4 cm³/mol. The molecule has 2 heterocycles. The molecule has 90 valence electrons. The summed E-state index contributed by atoms with van der Waals surface area (Å²) in [5.74, 6) is 1.62. The van der Waals surface area contributed by atoms with Crippen LogP contribution in [0, 0.1) is 0 Å². The molecular formula is C8H13ClN4O2S. The first kappa shape index (κ1) is 11.8.